The van der Waals surface area contributed by atoms with E-state index in [0.29, 0.717) is 19.5 Å². The van der Waals surface area contributed by atoms with Crippen molar-refractivity contribution < 1.29 is 9.90 Å². The molecule has 1 unspecified atom stereocenters. The van der Waals surface area contributed by atoms with Gasteiger partial charge in [-0.3, -0.25) is 9.69 Å². The molecule has 1 aliphatic heterocycles. The second-order valence-corrected chi connectivity index (χ2v) is 6.68. The molecule has 106 valence electrons. The molecule has 0 saturated carbocycles. The Morgan fingerprint density at radius 1 is 1.53 bits per heavy atom. The third kappa shape index (κ3) is 4.30. The summed E-state index contributed by atoms with van der Waals surface area (Å²) in [5.41, 5.74) is 0. The third-order valence-electron chi connectivity index (χ3n) is 3.35. The Kier molecular flexibility index (Phi) is 4.96. The van der Waals surface area contributed by atoms with E-state index in [2.05, 4.69) is 24.0 Å². The maximum absolute atomic E-state index is 11.5. The van der Waals surface area contributed by atoms with Crippen LogP contribution in [-0.2, 0) is 11.3 Å². The minimum atomic E-state index is -0.465. The highest BCUT2D eigenvalue weighted by atomic mass is 32.1. The number of aliphatic hydroxyl groups is 1. The standard InChI is InChI=1S/C14H22N2O2S/c1-11-5-6-13(19-11)10-15(2)8-12(17)9-16-7-3-4-14(16)18/h5-6,12,17H,3-4,7-10H2,1-2H3. The predicted octanol–water partition coefficient (Wildman–Crippen LogP) is 1.47. The quantitative estimate of drug-likeness (QED) is 0.859. The van der Waals surface area contributed by atoms with E-state index in [-0.39, 0.29) is 5.91 Å². The van der Waals surface area contributed by atoms with Gasteiger partial charge in [-0.2, -0.15) is 0 Å². The number of likely N-dealkylation sites (N-methyl/N-ethyl adjacent to an activating group) is 1. The molecule has 2 rings (SSSR count). The molecule has 19 heavy (non-hydrogen) atoms. The summed E-state index contributed by atoms with van der Waals surface area (Å²) in [6.07, 6.45) is 1.10. The summed E-state index contributed by atoms with van der Waals surface area (Å²) in [7, 11) is 2.00. The molecule has 1 aromatic rings. The van der Waals surface area contributed by atoms with Crippen molar-refractivity contribution in [1.29, 1.82) is 0 Å². The zero-order valence-electron chi connectivity index (χ0n) is 11.6. The Labute approximate surface area is 118 Å². The average molecular weight is 282 g/mol. The molecular formula is C14H22N2O2S. The summed E-state index contributed by atoms with van der Waals surface area (Å²) < 4.78 is 0. The molecule has 1 amide bonds. The van der Waals surface area contributed by atoms with Crippen molar-refractivity contribution >= 4 is 17.2 Å². The van der Waals surface area contributed by atoms with Gasteiger partial charge in [-0.1, -0.05) is 0 Å². The van der Waals surface area contributed by atoms with Gasteiger partial charge >= 0.3 is 0 Å². The number of aliphatic hydroxyl groups excluding tert-OH is 1. The van der Waals surface area contributed by atoms with Crippen LogP contribution in [0.5, 0.6) is 0 Å². The van der Waals surface area contributed by atoms with Gasteiger partial charge in [0.25, 0.3) is 0 Å². The Morgan fingerprint density at radius 2 is 2.32 bits per heavy atom. The van der Waals surface area contributed by atoms with Crippen LogP contribution in [0.4, 0.5) is 0 Å². The first kappa shape index (κ1) is 14.5. The molecule has 1 N–H and O–H groups in total. The molecule has 2 heterocycles. The lowest BCUT2D eigenvalue weighted by atomic mass is 10.3. The fraction of sp³-hybridized carbons (Fsp3) is 0.643. The lowest BCUT2D eigenvalue weighted by Gasteiger charge is -2.24. The van der Waals surface area contributed by atoms with Gasteiger partial charge in [0.15, 0.2) is 0 Å². The predicted molar refractivity (Wildman–Crippen MR) is 77.2 cm³/mol. The van der Waals surface area contributed by atoms with E-state index in [9.17, 15) is 9.90 Å². The number of aryl methyl sites for hydroxylation is 1. The van der Waals surface area contributed by atoms with Crippen LogP contribution in [0, 0.1) is 6.92 Å². The average Bonchev–Trinajstić information content (AvgIpc) is 2.89. The molecule has 1 aliphatic rings. The third-order valence-corrected chi connectivity index (χ3v) is 4.33. The summed E-state index contributed by atoms with van der Waals surface area (Å²) in [6, 6.07) is 4.25. The number of thiophene rings is 1. The van der Waals surface area contributed by atoms with Gasteiger partial charge in [-0.25, -0.2) is 0 Å². The first-order valence-electron chi connectivity index (χ1n) is 6.74. The van der Waals surface area contributed by atoms with Crippen molar-refractivity contribution in [3.63, 3.8) is 0 Å². The maximum atomic E-state index is 11.5. The number of carbonyl (C=O) groups excluding carboxylic acids is 1. The van der Waals surface area contributed by atoms with Gasteiger partial charge in [0.1, 0.15) is 0 Å². The Morgan fingerprint density at radius 3 is 2.89 bits per heavy atom. The Hall–Kier alpha value is -0.910. The van der Waals surface area contributed by atoms with E-state index in [4.69, 9.17) is 0 Å². The van der Waals surface area contributed by atoms with Crippen LogP contribution in [0.1, 0.15) is 22.6 Å². The first-order chi connectivity index (χ1) is 9.04. The second-order valence-electron chi connectivity index (χ2n) is 5.31. The van der Waals surface area contributed by atoms with Crippen molar-refractivity contribution in [2.45, 2.75) is 32.4 Å². The molecule has 0 bridgehead atoms. The van der Waals surface area contributed by atoms with E-state index in [1.807, 2.05) is 7.05 Å². The highest BCUT2D eigenvalue weighted by molar-refractivity contribution is 7.11. The van der Waals surface area contributed by atoms with Crippen LogP contribution < -0.4 is 0 Å². The zero-order chi connectivity index (χ0) is 13.8. The van der Waals surface area contributed by atoms with Crippen LogP contribution in [0.2, 0.25) is 0 Å². The van der Waals surface area contributed by atoms with Gasteiger partial charge in [0, 0.05) is 42.4 Å². The number of amides is 1. The largest absolute Gasteiger partial charge is 0.390 e. The van der Waals surface area contributed by atoms with Gasteiger partial charge in [0.2, 0.25) is 5.91 Å². The fourth-order valence-corrected chi connectivity index (χ4v) is 3.44. The highest BCUT2D eigenvalue weighted by Gasteiger charge is 2.23. The number of nitrogens with zero attached hydrogens (tertiary/aromatic N) is 2. The number of rotatable bonds is 6. The van der Waals surface area contributed by atoms with E-state index < -0.39 is 6.10 Å². The van der Waals surface area contributed by atoms with E-state index in [1.54, 1.807) is 16.2 Å². The van der Waals surface area contributed by atoms with Crippen LogP contribution >= 0.6 is 11.3 Å². The van der Waals surface area contributed by atoms with E-state index >= 15 is 0 Å². The van der Waals surface area contributed by atoms with Gasteiger partial charge in [0.05, 0.1) is 6.10 Å². The molecule has 0 aliphatic carbocycles. The SMILES string of the molecule is Cc1ccc(CN(C)CC(O)CN2CCCC2=O)s1. The zero-order valence-corrected chi connectivity index (χ0v) is 12.4. The molecule has 1 aromatic heterocycles. The number of β-amino-alcohol motifs (C(OH)–C–C–N with tert-alkyl or cyclic N) is 1. The lowest BCUT2D eigenvalue weighted by molar-refractivity contribution is -0.129. The maximum Gasteiger partial charge on any atom is 0.222 e. The summed E-state index contributed by atoms with van der Waals surface area (Å²) >= 11 is 1.79. The van der Waals surface area contributed by atoms with E-state index in [1.165, 1.54) is 9.75 Å². The molecule has 1 saturated heterocycles. The molecule has 0 spiro atoms. The molecular weight excluding hydrogens is 260 g/mol. The minimum absolute atomic E-state index is 0.176. The topological polar surface area (TPSA) is 43.8 Å². The van der Waals surface area contributed by atoms with Crippen LogP contribution in [0.3, 0.4) is 0 Å². The van der Waals surface area contributed by atoms with E-state index in [0.717, 1.165) is 19.5 Å². The number of hydrogen-bond acceptors (Lipinski definition) is 4. The monoisotopic (exact) mass is 282 g/mol. The molecule has 5 heteroatoms. The highest BCUT2D eigenvalue weighted by Crippen LogP contribution is 2.17. The molecule has 1 atom stereocenters. The first-order valence-corrected chi connectivity index (χ1v) is 7.56. The van der Waals surface area contributed by atoms with Crippen molar-refractivity contribution in [2.24, 2.45) is 0 Å². The summed E-state index contributed by atoms with van der Waals surface area (Å²) in [5.74, 6) is 0.176. The molecule has 4 nitrogen and oxygen atoms in total. The Balaban J connectivity index is 1.75. The normalized spacial score (nSPS) is 17.5. The number of likely N-dealkylation sites (tertiary alicyclic amines) is 1. The fourth-order valence-electron chi connectivity index (χ4n) is 2.47. The summed E-state index contributed by atoms with van der Waals surface area (Å²) in [6.45, 7) is 4.81. The molecule has 0 radical (unpaired) electrons. The van der Waals surface area contributed by atoms with Crippen LogP contribution in [-0.4, -0.2) is 53.6 Å². The summed E-state index contributed by atoms with van der Waals surface area (Å²) in [4.78, 5) is 18.0. The Bertz CT molecular complexity index is 433. The van der Waals surface area contributed by atoms with Crippen molar-refractivity contribution in [3.8, 4) is 0 Å². The van der Waals surface area contributed by atoms with Crippen LogP contribution in [0.25, 0.3) is 0 Å². The summed E-state index contributed by atoms with van der Waals surface area (Å²) in [5, 5.41) is 10.0. The van der Waals surface area contributed by atoms with Crippen molar-refractivity contribution in [3.05, 3.63) is 21.9 Å². The van der Waals surface area contributed by atoms with Crippen LogP contribution in [0.15, 0.2) is 12.1 Å². The number of hydrogen-bond donors (Lipinski definition) is 1. The van der Waals surface area contributed by atoms with Crippen molar-refractivity contribution in [2.75, 3.05) is 26.7 Å². The van der Waals surface area contributed by atoms with Gasteiger partial charge in [-0.15, -0.1) is 11.3 Å². The molecule has 0 aromatic carbocycles. The second kappa shape index (κ2) is 6.50. The minimum Gasteiger partial charge on any atom is -0.390 e. The smallest absolute Gasteiger partial charge is 0.222 e. The molecule has 1 fully saturated rings. The van der Waals surface area contributed by atoms with Gasteiger partial charge in [-0.05, 0) is 32.5 Å². The van der Waals surface area contributed by atoms with Crippen molar-refractivity contribution in [1.82, 2.24) is 9.80 Å². The number of carbonyl (C=O) groups is 1. The van der Waals surface area contributed by atoms with Gasteiger partial charge < -0.3 is 10.0 Å². The lowest BCUT2D eigenvalue weighted by Crippen LogP contribution is -2.39.